The van der Waals surface area contributed by atoms with E-state index in [1.807, 2.05) is 36.4 Å². The van der Waals surface area contributed by atoms with E-state index in [9.17, 15) is 4.79 Å². The van der Waals surface area contributed by atoms with Crippen LogP contribution in [0.4, 0.5) is 0 Å². The Morgan fingerprint density at radius 3 is 2.77 bits per heavy atom. The molecule has 1 aliphatic carbocycles. The van der Waals surface area contributed by atoms with E-state index in [1.165, 1.54) is 5.56 Å². The van der Waals surface area contributed by atoms with E-state index < -0.39 is 0 Å². The van der Waals surface area contributed by atoms with Gasteiger partial charge in [0.15, 0.2) is 0 Å². The molecule has 1 aliphatic rings. The molecule has 1 aromatic heterocycles. The van der Waals surface area contributed by atoms with Gasteiger partial charge in [0, 0.05) is 27.6 Å². The molecular formula is C19H14ClNO. The average molecular weight is 308 g/mol. The van der Waals surface area contributed by atoms with Crippen LogP contribution < -0.4 is 0 Å². The average Bonchev–Trinajstić information content (AvgIpc) is 3.35. The van der Waals surface area contributed by atoms with Crippen molar-refractivity contribution in [3.63, 3.8) is 0 Å². The highest BCUT2D eigenvalue weighted by Gasteiger charge is 2.40. The number of carbonyl (C=O) groups excluding carboxylic acids is 1. The molecule has 2 unspecified atom stereocenters. The summed E-state index contributed by atoms with van der Waals surface area (Å²) in [5.41, 5.74) is 4.01. The van der Waals surface area contributed by atoms with E-state index in [1.54, 1.807) is 0 Å². The maximum atomic E-state index is 10.9. The number of rotatable bonds is 3. The minimum absolute atomic E-state index is 0.435. The van der Waals surface area contributed by atoms with Crippen LogP contribution in [-0.4, -0.2) is 11.3 Å². The number of benzene rings is 2. The Hall–Kier alpha value is -2.19. The predicted molar refractivity (Wildman–Crippen MR) is 88.7 cm³/mol. The molecule has 1 heterocycles. The van der Waals surface area contributed by atoms with Gasteiger partial charge in [0.25, 0.3) is 0 Å². The molecule has 0 saturated heterocycles. The van der Waals surface area contributed by atoms with Gasteiger partial charge in [0.2, 0.25) is 0 Å². The van der Waals surface area contributed by atoms with Crippen molar-refractivity contribution in [2.45, 2.75) is 18.3 Å². The topological polar surface area (TPSA) is 30.0 Å². The number of carbonyl (C=O) groups is 1. The third-order valence-electron chi connectivity index (χ3n) is 4.32. The van der Waals surface area contributed by atoms with Crippen LogP contribution in [0.2, 0.25) is 5.02 Å². The van der Waals surface area contributed by atoms with Crippen LogP contribution in [-0.2, 0) is 0 Å². The third-order valence-corrected chi connectivity index (χ3v) is 4.56. The maximum absolute atomic E-state index is 10.9. The minimum Gasteiger partial charge on any atom is -0.298 e. The fourth-order valence-corrected chi connectivity index (χ4v) is 3.23. The first-order chi connectivity index (χ1) is 10.7. The van der Waals surface area contributed by atoms with Crippen molar-refractivity contribution >= 4 is 28.8 Å². The van der Waals surface area contributed by atoms with Crippen molar-refractivity contribution in [3.8, 4) is 0 Å². The molecule has 0 aliphatic heterocycles. The molecule has 1 fully saturated rings. The highest BCUT2D eigenvalue weighted by molar-refractivity contribution is 6.31. The summed E-state index contributed by atoms with van der Waals surface area (Å²) in [4.78, 5) is 15.7. The summed E-state index contributed by atoms with van der Waals surface area (Å²) in [6, 6.07) is 17.8. The second-order valence-electron chi connectivity index (χ2n) is 5.81. The van der Waals surface area contributed by atoms with Gasteiger partial charge in [0.1, 0.15) is 6.29 Å². The number of hydrogen-bond acceptors (Lipinski definition) is 2. The smallest absolute Gasteiger partial charge is 0.150 e. The highest BCUT2D eigenvalue weighted by Crippen LogP contribution is 2.54. The SMILES string of the molecule is O=Cc1cccc(C2CC2c2ccc3ccc(Cl)cc3n2)c1. The van der Waals surface area contributed by atoms with Crippen LogP contribution >= 0.6 is 11.6 Å². The van der Waals surface area contributed by atoms with Gasteiger partial charge in [0.05, 0.1) is 5.52 Å². The fourth-order valence-electron chi connectivity index (χ4n) is 3.07. The molecule has 22 heavy (non-hydrogen) atoms. The van der Waals surface area contributed by atoms with Crippen LogP contribution in [0.3, 0.4) is 0 Å². The molecule has 3 aromatic rings. The Bertz CT molecular complexity index is 874. The Kier molecular flexibility index (Phi) is 3.20. The zero-order valence-corrected chi connectivity index (χ0v) is 12.6. The molecule has 4 rings (SSSR count). The highest BCUT2D eigenvalue weighted by atomic mass is 35.5. The summed E-state index contributed by atoms with van der Waals surface area (Å²) in [6.45, 7) is 0. The van der Waals surface area contributed by atoms with Crippen LogP contribution in [0.1, 0.15) is 39.9 Å². The normalized spacial score (nSPS) is 20.0. The van der Waals surface area contributed by atoms with E-state index in [2.05, 4.69) is 18.2 Å². The van der Waals surface area contributed by atoms with E-state index in [-0.39, 0.29) is 0 Å². The second-order valence-corrected chi connectivity index (χ2v) is 6.25. The quantitative estimate of drug-likeness (QED) is 0.639. The number of halogens is 1. The predicted octanol–water partition coefficient (Wildman–Crippen LogP) is 4.97. The molecule has 0 spiro atoms. The van der Waals surface area contributed by atoms with Crippen LogP contribution in [0.5, 0.6) is 0 Å². The lowest BCUT2D eigenvalue weighted by Gasteiger charge is -2.04. The molecular weight excluding hydrogens is 294 g/mol. The molecule has 0 N–H and O–H groups in total. The van der Waals surface area contributed by atoms with E-state index in [0.29, 0.717) is 16.9 Å². The lowest BCUT2D eigenvalue weighted by molar-refractivity contribution is 0.112. The molecule has 0 amide bonds. The Balaban J connectivity index is 1.65. The zero-order chi connectivity index (χ0) is 15.1. The monoisotopic (exact) mass is 307 g/mol. The molecule has 108 valence electrons. The van der Waals surface area contributed by atoms with Gasteiger partial charge in [-0.3, -0.25) is 9.78 Å². The van der Waals surface area contributed by atoms with E-state index in [4.69, 9.17) is 16.6 Å². The van der Waals surface area contributed by atoms with Gasteiger partial charge in [-0.05, 0) is 42.2 Å². The summed E-state index contributed by atoms with van der Waals surface area (Å²) in [7, 11) is 0. The number of aromatic nitrogens is 1. The number of nitrogens with zero attached hydrogens (tertiary/aromatic N) is 1. The lowest BCUT2D eigenvalue weighted by Crippen LogP contribution is -1.91. The molecule has 1 saturated carbocycles. The molecule has 2 aromatic carbocycles. The summed E-state index contributed by atoms with van der Waals surface area (Å²) in [5.74, 6) is 0.898. The Morgan fingerprint density at radius 1 is 1.05 bits per heavy atom. The van der Waals surface area contributed by atoms with Crippen LogP contribution in [0.25, 0.3) is 10.9 Å². The van der Waals surface area contributed by atoms with Gasteiger partial charge >= 0.3 is 0 Å². The standard InChI is InChI=1S/C19H14ClNO/c20-15-6-4-13-5-7-18(21-19(13)9-15)17-10-16(17)14-3-1-2-12(8-14)11-22/h1-9,11,16-17H,10H2. The van der Waals surface area contributed by atoms with Crippen molar-refractivity contribution < 1.29 is 4.79 Å². The first kappa shape index (κ1) is 13.5. The maximum Gasteiger partial charge on any atom is 0.150 e. The van der Waals surface area contributed by atoms with Gasteiger partial charge < -0.3 is 0 Å². The number of aldehydes is 1. The fraction of sp³-hybridized carbons (Fsp3) is 0.158. The number of fused-ring (bicyclic) bond motifs is 1. The lowest BCUT2D eigenvalue weighted by atomic mass is 10.0. The molecule has 0 radical (unpaired) electrons. The van der Waals surface area contributed by atoms with E-state index in [0.717, 1.165) is 34.9 Å². The molecule has 2 nitrogen and oxygen atoms in total. The van der Waals surface area contributed by atoms with Gasteiger partial charge in [-0.15, -0.1) is 0 Å². The van der Waals surface area contributed by atoms with Crippen LogP contribution in [0.15, 0.2) is 54.6 Å². The minimum atomic E-state index is 0.435. The second kappa shape index (κ2) is 5.22. The van der Waals surface area contributed by atoms with Gasteiger partial charge in [-0.2, -0.15) is 0 Å². The first-order valence-electron chi connectivity index (χ1n) is 7.36. The largest absolute Gasteiger partial charge is 0.298 e. The Labute approximate surface area is 133 Å². The van der Waals surface area contributed by atoms with Crippen molar-refractivity contribution in [2.75, 3.05) is 0 Å². The van der Waals surface area contributed by atoms with Crippen molar-refractivity contribution in [1.29, 1.82) is 0 Å². The van der Waals surface area contributed by atoms with Crippen molar-refractivity contribution in [2.24, 2.45) is 0 Å². The summed E-state index contributed by atoms with van der Waals surface area (Å²) in [5, 5.41) is 1.82. The summed E-state index contributed by atoms with van der Waals surface area (Å²) >= 11 is 6.05. The molecule has 0 bridgehead atoms. The first-order valence-corrected chi connectivity index (χ1v) is 7.74. The number of pyridine rings is 1. The Morgan fingerprint density at radius 2 is 1.91 bits per heavy atom. The van der Waals surface area contributed by atoms with Crippen molar-refractivity contribution in [1.82, 2.24) is 4.98 Å². The zero-order valence-electron chi connectivity index (χ0n) is 11.9. The van der Waals surface area contributed by atoms with Crippen LogP contribution in [0, 0.1) is 0 Å². The third kappa shape index (κ3) is 2.40. The molecule has 2 atom stereocenters. The van der Waals surface area contributed by atoms with Crippen molar-refractivity contribution in [3.05, 3.63) is 76.4 Å². The van der Waals surface area contributed by atoms with Gasteiger partial charge in [-0.1, -0.05) is 41.9 Å². The summed E-state index contributed by atoms with van der Waals surface area (Å²) < 4.78 is 0. The summed E-state index contributed by atoms with van der Waals surface area (Å²) in [6.07, 6.45) is 1.98. The molecule has 3 heteroatoms. The van der Waals surface area contributed by atoms with E-state index >= 15 is 0 Å². The van der Waals surface area contributed by atoms with Gasteiger partial charge in [-0.25, -0.2) is 0 Å². The number of hydrogen-bond donors (Lipinski definition) is 0.